The van der Waals surface area contributed by atoms with Gasteiger partial charge in [-0.1, -0.05) is 0 Å². The molecule has 2 N–H and O–H groups in total. The lowest BCUT2D eigenvalue weighted by Crippen LogP contribution is -2.49. The van der Waals surface area contributed by atoms with E-state index in [2.05, 4.69) is 10.6 Å². The average Bonchev–Trinajstić information content (AvgIpc) is 2.31. The molecule has 1 rings (SSSR count). The highest BCUT2D eigenvalue weighted by molar-refractivity contribution is 5.67. The van der Waals surface area contributed by atoms with Gasteiger partial charge < -0.3 is 20.3 Å². The lowest BCUT2D eigenvalue weighted by atomic mass is 10.1. The van der Waals surface area contributed by atoms with Crippen molar-refractivity contribution in [2.75, 3.05) is 39.3 Å². The summed E-state index contributed by atoms with van der Waals surface area (Å²) in [4.78, 5) is 13.3. The van der Waals surface area contributed by atoms with Crippen LogP contribution >= 0.6 is 0 Å². The third-order valence-corrected chi connectivity index (χ3v) is 2.78. The SMILES string of the molecule is CCOC(=O)N(CC)CCC1CNCCN1. The van der Waals surface area contributed by atoms with Gasteiger partial charge in [0, 0.05) is 38.8 Å². The van der Waals surface area contributed by atoms with Gasteiger partial charge in [0.25, 0.3) is 0 Å². The average molecular weight is 229 g/mol. The number of rotatable bonds is 5. The van der Waals surface area contributed by atoms with Crippen molar-refractivity contribution in [2.45, 2.75) is 26.3 Å². The third-order valence-electron chi connectivity index (χ3n) is 2.78. The smallest absolute Gasteiger partial charge is 0.409 e. The molecule has 0 aromatic heterocycles. The summed E-state index contributed by atoms with van der Waals surface area (Å²) in [6.45, 7) is 8.75. The van der Waals surface area contributed by atoms with Gasteiger partial charge in [-0.15, -0.1) is 0 Å². The molecule has 0 spiro atoms. The Kier molecular flexibility index (Phi) is 6.18. The van der Waals surface area contributed by atoms with Crippen molar-refractivity contribution < 1.29 is 9.53 Å². The van der Waals surface area contributed by atoms with Crippen molar-refractivity contribution in [3.8, 4) is 0 Å². The summed E-state index contributed by atoms with van der Waals surface area (Å²) in [6.07, 6.45) is 0.772. The van der Waals surface area contributed by atoms with E-state index in [1.807, 2.05) is 13.8 Å². The summed E-state index contributed by atoms with van der Waals surface area (Å²) in [5, 5.41) is 6.76. The maximum Gasteiger partial charge on any atom is 0.409 e. The summed E-state index contributed by atoms with van der Waals surface area (Å²) in [7, 11) is 0. The Morgan fingerprint density at radius 1 is 1.44 bits per heavy atom. The van der Waals surface area contributed by atoms with Crippen molar-refractivity contribution in [2.24, 2.45) is 0 Å². The van der Waals surface area contributed by atoms with Crippen molar-refractivity contribution in [3.05, 3.63) is 0 Å². The molecule has 16 heavy (non-hydrogen) atoms. The van der Waals surface area contributed by atoms with Gasteiger partial charge in [0.1, 0.15) is 0 Å². The molecule has 0 aromatic carbocycles. The normalized spacial score (nSPS) is 20.5. The first kappa shape index (κ1) is 13.3. The van der Waals surface area contributed by atoms with Crippen molar-refractivity contribution >= 4 is 6.09 Å². The minimum atomic E-state index is -0.200. The third kappa shape index (κ3) is 4.37. The molecule has 0 saturated carbocycles. The molecule has 5 heteroatoms. The predicted octanol–water partition coefficient (Wildman–Crippen LogP) is 0.416. The molecule has 0 aliphatic carbocycles. The summed E-state index contributed by atoms with van der Waals surface area (Å²) in [5.74, 6) is 0. The number of hydrogen-bond acceptors (Lipinski definition) is 4. The molecule has 1 unspecified atom stereocenters. The van der Waals surface area contributed by atoms with E-state index >= 15 is 0 Å². The van der Waals surface area contributed by atoms with E-state index in [-0.39, 0.29) is 6.09 Å². The minimum Gasteiger partial charge on any atom is -0.450 e. The topological polar surface area (TPSA) is 53.6 Å². The molecular weight excluding hydrogens is 206 g/mol. The monoisotopic (exact) mass is 229 g/mol. The highest BCUT2D eigenvalue weighted by atomic mass is 16.6. The van der Waals surface area contributed by atoms with Crippen LogP contribution < -0.4 is 10.6 Å². The van der Waals surface area contributed by atoms with E-state index in [9.17, 15) is 4.79 Å². The second kappa shape index (κ2) is 7.46. The van der Waals surface area contributed by atoms with Crippen LogP contribution in [0.2, 0.25) is 0 Å². The molecule has 1 aliphatic heterocycles. The highest BCUT2D eigenvalue weighted by Crippen LogP contribution is 2.00. The lowest BCUT2D eigenvalue weighted by molar-refractivity contribution is 0.107. The number of ether oxygens (including phenoxy) is 1. The Labute approximate surface area is 97.5 Å². The van der Waals surface area contributed by atoms with Crippen LogP contribution in [0.25, 0.3) is 0 Å². The van der Waals surface area contributed by atoms with Gasteiger partial charge >= 0.3 is 6.09 Å². The standard InChI is InChI=1S/C11H23N3O2/c1-3-14(11(15)16-4-2)8-5-10-9-12-6-7-13-10/h10,12-13H,3-9H2,1-2H3. The lowest BCUT2D eigenvalue weighted by Gasteiger charge is -2.27. The summed E-state index contributed by atoms with van der Waals surface area (Å²) in [5.41, 5.74) is 0. The number of nitrogens with zero attached hydrogens (tertiary/aromatic N) is 1. The Hall–Kier alpha value is -0.810. The Bertz CT molecular complexity index is 205. The van der Waals surface area contributed by atoms with E-state index in [0.29, 0.717) is 19.2 Å². The molecule has 1 heterocycles. The maximum absolute atomic E-state index is 11.5. The largest absolute Gasteiger partial charge is 0.450 e. The Morgan fingerprint density at radius 2 is 2.25 bits per heavy atom. The zero-order chi connectivity index (χ0) is 11.8. The highest BCUT2D eigenvalue weighted by Gasteiger charge is 2.16. The Balaban J connectivity index is 2.24. The molecule has 1 saturated heterocycles. The predicted molar refractivity (Wildman–Crippen MR) is 63.5 cm³/mol. The van der Waals surface area contributed by atoms with Crippen LogP contribution in [-0.2, 0) is 4.74 Å². The van der Waals surface area contributed by atoms with E-state index in [1.54, 1.807) is 4.90 Å². The number of piperazine rings is 1. The van der Waals surface area contributed by atoms with Gasteiger partial charge in [-0.25, -0.2) is 4.79 Å². The van der Waals surface area contributed by atoms with E-state index in [4.69, 9.17) is 4.74 Å². The van der Waals surface area contributed by atoms with Crippen LogP contribution in [0.4, 0.5) is 4.79 Å². The van der Waals surface area contributed by atoms with E-state index in [0.717, 1.165) is 32.6 Å². The van der Waals surface area contributed by atoms with Crippen LogP contribution in [0.3, 0.4) is 0 Å². The number of carbonyl (C=O) groups excluding carboxylic acids is 1. The second-order valence-electron chi connectivity index (χ2n) is 3.92. The first-order valence-electron chi connectivity index (χ1n) is 6.13. The fraction of sp³-hybridized carbons (Fsp3) is 0.909. The van der Waals surface area contributed by atoms with Crippen LogP contribution in [0, 0.1) is 0 Å². The summed E-state index contributed by atoms with van der Waals surface area (Å²) in [6, 6.07) is 0.470. The fourth-order valence-electron chi connectivity index (χ4n) is 1.82. The van der Waals surface area contributed by atoms with Crippen LogP contribution in [-0.4, -0.2) is 56.4 Å². The molecule has 0 aromatic rings. The molecule has 94 valence electrons. The molecule has 0 bridgehead atoms. The minimum absolute atomic E-state index is 0.200. The van der Waals surface area contributed by atoms with Gasteiger partial charge in [0.05, 0.1) is 6.61 Å². The van der Waals surface area contributed by atoms with Gasteiger partial charge in [0.2, 0.25) is 0 Å². The van der Waals surface area contributed by atoms with Crippen LogP contribution in [0.5, 0.6) is 0 Å². The zero-order valence-electron chi connectivity index (χ0n) is 10.3. The van der Waals surface area contributed by atoms with Gasteiger partial charge in [0.15, 0.2) is 0 Å². The second-order valence-corrected chi connectivity index (χ2v) is 3.92. The molecule has 1 aliphatic rings. The Morgan fingerprint density at radius 3 is 2.81 bits per heavy atom. The number of carbonyl (C=O) groups is 1. The molecule has 1 fully saturated rings. The molecule has 5 nitrogen and oxygen atoms in total. The molecule has 0 radical (unpaired) electrons. The molecule has 1 amide bonds. The van der Waals surface area contributed by atoms with E-state index in [1.165, 1.54) is 0 Å². The number of amides is 1. The quantitative estimate of drug-likeness (QED) is 0.717. The first-order chi connectivity index (χ1) is 7.77. The van der Waals surface area contributed by atoms with Crippen LogP contribution in [0.15, 0.2) is 0 Å². The van der Waals surface area contributed by atoms with Gasteiger partial charge in [-0.05, 0) is 20.3 Å². The number of nitrogens with one attached hydrogen (secondary N) is 2. The molecular formula is C11H23N3O2. The first-order valence-corrected chi connectivity index (χ1v) is 6.13. The number of hydrogen-bond donors (Lipinski definition) is 2. The van der Waals surface area contributed by atoms with Crippen molar-refractivity contribution in [1.82, 2.24) is 15.5 Å². The van der Waals surface area contributed by atoms with E-state index < -0.39 is 0 Å². The maximum atomic E-state index is 11.5. The van der Waals surface area contributed by atoms with Crippen LogP contribution in [0.1, 0.15) is 20.3 Å². The summed E-state index contributed by atoms with van der Waals surface area (Å²) >= 11 is 0. The van der Waals surface area contributed by atoms with Crippen molar-refractivity contribution in [1.29, 1.82) is 0 Å². The zero-order valence-corrected chi connectivity index (χ0v) is 10.3. The van der Waals surface area contributed by atoms with Crippen molar-refractivity contribution in [3.63, 3.8) is 0 Å². The molecule has 1 atom stereocenters. The van der Waals surface area contributed by atoms with Gasteiger partial charge in [-0.2, -0.15) is 0 Å². The van der Waals surface area contributed by atoms with Gasteiger partial charge in [-0.3, -0.25) is 0 Å². The fourth-order valence-corrected chi connectivity index (χ4v) is 1.82. The summed E-state index contributed by atoms with van der Waals surface area (Å²) < 4.78 is 4.99.